The van der Waals surface area contributed by atoms with Crippen LogP contribution < -0.4 is 4.90 Å². The molecule has 0 saturated carbocycles. The van der Waals surface area contributed by atoms with Crippen LogP contribution in [0.5, 0.6) is 0 Å². The van der Waals surface area contributed by atoms with Crippen LogP contribution >= 0.6 is 11.6 Å². The number of aromatic nitrogens is 1. The van der Waals surface area contributed by atoms with Crippen molar-refractivity contribution in [2.45, 2.75) is 25.9 Å². The van der Waals surface area contributed by atoms with Crippen LogP contribution in [-0.2, 0) is 17.8 Å². The second-order valence-electron chi connectivity index (χ2n) is 5.27. The third kappa shape index (κ3) is 3.39. The normalized spacial score (nSPS) is 14.1. The second kappa shape index (κ2) is 6.79. The fourth-order valence-electron chi connectivity index (χ4n) is 2.55. The van der Waals surface area contributed by atoms with E-state index in [0.717, 1.165) is 30.4 Å². The van der Waals surface area contributed by atoms with Crippen molar-refractivity contribution < 1.29 is 9.53 Å². The van der Waals surface area contributed by atoms with E-state index in [-0.39, 0.29) is 12.7 Å². The molecule has 2 heterocycles. The van der Waals surface area contributed by atoms with E-state index < -0.39 is 0 Å². The lowest BCUT2D eigenvalue weighted by Crippen LogP contribution is -2.33. The van der Waals surface area contributed by atoms with E-state index >= 15 is 0 Å². The summed E-state index contributed by atoms with van der Waals surface area (Å²) in [5.41, 5.74) is 2.00. The fourth-order valence-corrected chi connectivity index (χ4v) is 2.69. The number of pyridine rings is 1. The quantitative estimate of drug-likeness (QED) is 0.779. The topological polar surface area (TPSA) is 42.4 Å². The molecule has 114 valence electrons. The highest BCUT2D eigenvalue weighted by Crippen LogP contribution is 2.26. The number of hydrogen-bond donors (Lipinski definition) is 0. The van der Waals surface area contributed by atoms with Gasteiger partial charge in [0.1, 0.15) is 17.6 Å². The van der Waals surface area contributed by atoms with E-state index in [1.54, 1.807) is 11.0 Å². The molecule has 0 saturated heterocycles. The Morgan fingerprint density at radius 3 is 2.82 bits per heavy atom. The standard InChI is InChI=1S/C17H17ClN2O2/c18-15-10-9-14-8-4-5-11-20(16(14)19-15)17(21)22-12-13-6-2-1-3-7-13/h1-3,6-7,9-10H,4-5,8,11-12H2. The number of aryl methyl sites for hydroxylation is 1. The lowest BCUT2D eigenvalue weighted by atomic mass is 10.1. The van der Waals surface area contributed by atoms with E-state index in [9.17, 15) is 4.79 Å². The van der Waals surface area contributed by atoms with Crippen LogP contribution in [0, 0.1) is 0 Å². The average molecular weight is 317 g/mol. The molecule has 0 radical (unpaired) electrons. The lowest BCUT2D eigenvalue weighted by molar-refractivity contribution is 0.147. The summed E-state index contributed by atoms with van der Waals surface area (Å²) >= 11 is 5.98. The van der Waals surface area contributed by atoms with Gasteiger partial charge < -0.3 is 4.74 Å². The summed E-state index contributed by atoms with van der Waals surface area (Å²) in [7, 11) is 0. The molecule has 3 rings (SSSR count). The zero-order valence-corrected chi connectivity index (χ0v) is 12.9. The first-order valence-corrected chi connectivity index (χ1v) is 7.75. The average Bonchev–Trinajstić information content (AvgIpc) is 2.75. The summed E-state index contributed by atoms with van der Waals surface area (Å²) in [6, 6.07) is 13.3. The Morgan fingerprint density at radius 1 is 1.18 bits per heavy atom. The van der Waals surface area contributed by atoms with Crippen LogP contribution in [0.1, 0.15) is 24.0 Å². The molecule has 5 heteroatoms. The molecule has 1 aliphatic heterocycles. The van der Waals surface area contributed by atoms with Gasteiger partial charge in [0.25, 0.3) is 0 Å². The molecule has 0 spiro atoms. The van der Waals surface area contributed by atoms with Crippen LogP contribution in [0.25, 0.3) is 0 Å². The van der Waals surface area contributed by atoms with E-state index in [2.05, 4.69) is 4.98 Å². The highest BCUT2D eigenvalue weighted by atomic mass is 35.5. The zero-order valence-electron chi connectivity index (χ0n) is 12.2. The van der Waals surface area contributed by atoms with Gasteiger partial charge in [-0.3, -0.25) is 4.90 Å². The summed E-state index contributed by atoms with van der Waals surface area (Å²) in [5, 5.41) is 0.390. The number of fused-ring (bicyclic) bond motifs is 1. The Hall–Kier alpha value is -2.07. The molecule has 0 unspecified atom stereocenters. The van der Waals surface area contributed by atoms with E-state index in [1.807, 2.05) is 36.4 Å². The summed E-state index contributed by atoms with van der Waals surface area (Å²) in [4.78, 5) is 18.3. The molecule has 1 aliphatic rings. The van der Waals surface area contributed by atoms with Crippen LogP contribution in [-0.4, -0.2) is 17.6 Å². The smallest absolute Gasteiger partial charge is 0.415 e. The Bertz CT molecular complexity index is 661. The number of rotatable bonds is 2. The van der Waals surface area contributed by atoms with Crippen molar-refractivity contribution in [1.29, 1.82) is 0 Å². The number of nitrogens with zero attached hydrogens (tertiary/aromatic N) is 2. The number of carbonyl (C=O) groups excluding carboxylic acids is 1. The summed E-state index contributed by atoms with van der Waals surface area (Å²) in [5.74, 6) is 0.628. The third-order valence-electron chi connectivity index (χ3n) is 3.68. The Balaban J connectivity index is 1.76. The maximum absolute atomic E-state index is 12.4. The Kier molecular flexibility index (Phi) is 4.59. The second-order valence-corrected chi connectivity index (χ2v) is 5.65. The van der Waals surface area contributed by atoms with Gasteiger partial charge in [-0.25, -0.2) is 9.78 Å². The SMILES string of the molecule is O=C(OCc1ccccc1)N1CCCCc2ccc(Cl)nc21. The molecule has 0 atom stereocenters. The van der Waals surface area contributed by atoms with E-state index in [0.29, 0.717) is 17.5 Å². The maximum Gasteiger partial charge on any atom is 0.415 e. The predicted molar refractivity (Wildman–Crippen MR) is 86.2 cm³/mol. The van der Waals surface area contributed by atoms with Crippen molar-refractivity contribution in [3.63, 3.8) is 0 Å². The highest BCUT2D eigenvalue weighted by Gasteiger charge is 2.24. The van der Waals surface area contributed by atoms with Gasteiger partial charge in [-0.1, -0.05) is 48.0 Å². The largest absolute Gasteiger partial charge is 0.444 e. The maximum atomic E-state index is 12.4. The lowest BCUT2D eigenvalue weighted by Gasteiger charge is -2.21. The van der Waals surface area contributed by atoms with Gasteiger partial charge >= 0.3 is 6.09 Å². The van der Waals surface area contributed by atoms with Crippen LogP contribution in [0.15, 0.2) is 42.5 Å². The minimum absolute atomic E-state index is 0.256. The molecule has 0 bridgehead atoms. The highest BCUT2D eigenvalue weighted by molar-refractivity contribution is 6.29. The number of halogens is 1. The van der Waals surface area contributed by atoms with Crippen LogP contribution in [0.2, 0.25) is 5.15 Å². The van der Waals surface area contributed by atoms with Gasteiger partial charge in [0.2, 0.25) is 0 Å². The number of benzene rings is 1. The first kappa shape index (κ1) is 14.9. The molecule has 22 heavy (non-hydrogen) atoms. The number of amides is 1. The van der Waals surface area contributed by atoms with Crippen molar-refractivity contribution in [1.82, 2.24) is 4.98 Å². The minimum atomic E-state index is -0.373. The molecule has 2 aromatic rings. The van der Waals surface area contributed by atoms with Gasteiger partial charge in [0.15, 0.2) is 0 Å². The van der Waals surface area contributed by atoms with Gasteiger partial charge in [0.05, 0.1) is 0 Å². The van der Waals surface area contributed by atoms with Gasteiger partial charge in [-0.05, 0) is 36.5 Å². The first-order chi connectivity index (χ1) is 10.7. The van der Waals surface area contributed by atoms with Crippen molar-refractivity contribution in [2.75, 3.05) is 11.4 Å². The van der Waals surface area contributed by atoms with Gasteiger partial charge in [-0.2, -0.15) is 0 Å². The Morgan fingerprint density at radius 2 is 2.00 bits per heavy atom. The zero-order chi connectivity index (χ0) is 15.4. The molecule has 0 fully saturated rings. The fraction of sp³-hybridized carbons (Fsp3) is 0.294. The molecule has 1 aromatic heterocycles. The number of carbonyl (C=O) groups is 1. The molecule has 1 aromatic carbocycles. The number of hydrogen-bond acceptors (Lipinski definition) is 3. The van der Waals surface area contributed by atoms with Crippen LogP contribution in [0.4, 0.5) is 10.6 Å². The molecule has 0 N–H and O–H groups in total. The molecule has 1 amide bonds. The van der Waals surface area contributed by atoms with Crippen molar-refractivity contribution in [3.05, 3.63) is 58.7 Å². The summed E-state index contributed by atoms with van der Waals surface area (Å²) in [6.45, 7) is 0.861. The Labute approximate surface area is 134 Å². The van der Waals surface area contributed by atoms with Crippen molar-refractivity contribution >= 4 is 23.5 Å². The first-order valence-electron chi connectivity index (χ1n) is 7.38. The summed E-state index contributed by atoms with van der Waals surface area (Å²) < 4.78 is 5.42. The predicted octanol–water partition coefficient (Wildman–Crippen LogP) is 4.21. The monoisotopic (exact) mass is 316 g/mol. The van der Waals surface area contributed by atoms with E-state index in [4.69, 9.17) is 16.3 Å². The van der Waals surface area contributed by atoms with Crippen LogP contribution in [0.3, 0.4) is 0 Å². The van der Waals surface area contributed by atoms with Gasteiger partial charge in [0, 0.05) is 6.54 Å². The molecule has 4 nitrogen and oxygen atoms in total. The number of ether oxygens (including phenoxy) is 1. The van der Waals surface area contributed by atoms with Crippen molar-refractivity contribution in [3.8, 4) is 0 Å². The van der Waals surface area contributed by atoms with E-state index in [1.165, 1.54) is 0 Å². The molecular formula is C17H17ClN2O2. The summed E-state index contributed by atoms with van der Waals surface area (Å²) in [6.07, 6.45) is 2.48. The molecule has 0 aliphatic carbocycles. The third-order valence-corrected chi connectivity index (χ3v) is 3.89. The van der Waals surface area contributed by atoms with Crippen molar-refractivity contribution in [2.24, 2.45) is 0 Å². The minimum Gasteiger partial charge on any atom is -0.444 e. The number of anilines is 1. The van der Waals surface area contributed by atoms with Gasteiger partial charge in [-0.15, -0.1) is 0 Å². The molecular weight excluding hydrogens is 300 g/mol.